The largest absolute Gasteiger partial charge is 2.00 e. The molecule has 0 aromatic carbocycles. The first-order chi connectivity index (χ1) is 0. The van der Waals surface area contributed by atoms with Gasteiger partial charge in [0.15, 0.2) is 0 Å². The number of hydrogen-bond donors (Lipinski definition) is 0. The first-order valence-electron chi connectivity index (χ1n) is 0. The third kappa shape index (κ3) is 37.3. The Morgan fingerprint density at radius 2 is 0.500 bits per heavy atom. The summed E-state index contributed by atoms with van der Waals surface area (Å²) in [5.41, 5.74) is 0. The van der Waals surface area contributed by atoms with E-state index < -0.39 is 0 Å². The van der Waals surface area contributed by atoms with Crippen molar-refractivity contribution in [1.29, 1.82) is 0 Å². The maximum absolute atomic E-state index is 0. The maximum atomic E-state index is 0. The van der Waals surface area contributed by atoms with E-state index >= 15 is 0 Å². The smallest absolute Gasteiger partial charge is 1.00 e. The van der Waals surface area contributed by atoms with Gasteiger partial charge in [-0.05, 0) is 0 Å². The van der Waals surface area contributed by atoms with Crippen molar-refractivity contribution in [2.24, 2.45) is 0 Å². The van der Waals surface area contributed by atoms with E-state index in [1.165, 1.54) is 0 Å². The summed E-state index contributed by atoms with van der Waals surface area (Å²) in [6, 6.07) is 0. The molecule has 0 aliphatic rings. The van der Waals surface area contributed by atoms with Crippen LogP contribution in [0.25, 0.3) is 0 Å². The van der Waals surface area contributed by atoms with Crippen LogP contribution >= 0.6 is 0 Å². The fourth-order valence-corrected chi connectivity index (χ4v) is 0. The molecule has 0 N–H and O–H groups in total. The average molecular weight is 456 g/mol. The molecule has 0 atom stereocenters. The van der Waals surface area contributed by atoms with Crippen LogP contribution in [0, 0.1) is 0 Å². The summed E-state index contributed by atoms with van der Waals surface area (Å²) in [5.74, 6) is 0. The van der Waals surface area contributed by atoms with Gasteiger partial charge in [0.2, 0.25) is 0 Å². The maximum Gasteiger partial charge on any atom is 1.00 e. The Labute approximate surface area is 80.6 Å². The van der Waals surface area contributed by atoms with Crippen LogP contribution in [0.4, 0.5) is 0 Å². The minimum atomic E-state index is 0. The molecule has 0 saturated carbocycles. The molecule has 6 heavy (non-hydrogen) atoms. The summed E-state index contributed by atoms with van der Waals surface area (Å²) < 4.78 is 0. The Kier molecular flexibility index (Phi) is 1020. The third-order valence-corrected chi connectivity index (χ3v) is 0. The SMILES string of the molecule is [Ag+].[Ag+].[Ir].[O-2].[O-2].[O-2]. The topological polar surface area (TPSA) is 85.5 Å². The van der Waals surface area contributed by atoms with E-state index in [1.54, 1.807) is 0 Å². The van der Waals surface area contributed by atoms with E-state index in [-0.39, 0.29) is 81.3 Å². The molecule has 0 heterocycles. The summed E-state index contributed by atoms with van der Waals surface area (Å²) in [7, 11) is 0. The van der Waals surface area contributed by atoms with Crippen LogP contribution in [0.15, 0.2) is 0 Å². The molecule has 0 fully saturated rings. The molecular weight excluding hydrogens is 456 g/mol. The molecule has 1 radical (unpaired) electrons. The van der Waals surface area contributed by atoms with Crippen molar-refractivity contribution in [3.8, 4) is 0 Å². The monoisotopic (exact) mass is 455 g/mol. The van der Waals surface area contributed by atoms with Crippen molar-refractivity contribution < 1.29 is 81.3 Å². The van der Waals surface area contributed by atoms with Gasteiger partial charge in [-0.1, -0.05) is 0 Å². The van der Waals surface area contributed by atoms with Crippen LogP contribution in [0.5, 0.6) is 0 Å². The molecule has 0 rings (SSSR count). The van der Waals surface area contributed by atoms with Crippen molar-refractivity contribution in [2.45, 2.75) is 0 Å². The Hall–Kier alpha value is 2.01. The van der Waals surface area contributed by atoms with Crippen LogP contribution < -0.4 is 0 Å². The van der Waals surface area contributed by atoms with E-state index in [0.717, 1.165) is 0 Å². The molecule has 6 heteroatoms. The third-order valence-electron chi connectivity index (χ3n) is 0. The Balaban J connectivity index is 0. The molecule has 0 unspecified atom stereocenters. The molecule has 0 spiro atoms. The molecule has 0 aromatic rings. The van der Waals surface area contributed by atoms with Crippen molar-refractivity contribution in [3.05, 3.63) is 0 Å². The predicted molar refractivity (Wildman–Crippen MR) is 2.06 cm³/mol. The van der Waals surface area contributed by atoms with Crippen LogP contribution in [-0.4, -0.2) is 0 Å². The fourth-order valence-electron chi connectivity index (χ4n) is 0. The summed E-state index contributed by atoms with van der Waals surface area (Å²) in [6.07, 6.45) is 0. The van der Waals surface area contributed by atoms with Crippen LogP contribution in [-0.2, 0) is 81.3 Å². The van der Waals surface area contributed by atoms with Crippen LogP contribution in [0.3, 0.4) is 0 Å². The first-order valence-corrected chi connectivity index (χ1v) is 0. The number of hydrogen-bond acceptors (Lipinski definition) is 0. The van der Waals surface area contributed by atoms with Crippen LogP contribution in [0.1, 0.15) is 0 Å². The molecule has 0 aromatic heterocycles. The van der Waals surface area contributed by atoms with Crippen molar-refractivity contribution in [3.63, 3.8) is 0 Å². The predicted octanol–water partition coefficient (Wildman–Crippen LogP) is -0.364. The molecule has 0 bridgehead atoms. The number of rotatable bonds is 0. The van der Waals surface area contributed by atoms with Gasteiger partial charge in [0.25, 0.3) is 0 Å². The van der Waals surface area contributed by atoms with Gasteiger partial charge in [-0.25, -0.2) is 0 Å². The van der Waals surface area contributed by atoms with Gasteiger partial charge >= 0.3 is 44.8 Å². The normalized spacial score (nSPS) is 0. The average Bonchev–Trinajstić information content (AvgIpc) is 0. The Morgan fingerprint density at radius 1 is 0.500 bits per heavy atom. The molecule has 0 saturated heterocycles. The molecular formula is Ag2IrO3-4. The molecule has 0 aliphatic heterocycles. The summed E-state index contributed by atoms with van der Waals surface area (Å²) in [4.78, 5) is 0. The zero-order chi connectivity index (χ0) is 0. The van der Waals surface area contributed by atoms with E-state index in [0.29, 0.717) is 0 Å². The van der Waals surface area contributed by atoms with Gasteiger partial charge in [-0.15, -0.1) is 0 Å². The van der Waals surface area contributed by atoms with Gasteiger partial charge in [0, 0.05) is 20.1 Å². The summed E-state index contributed by atoms with van der Waals surface area (Å²) in [5, 5.41) is 0. The Morgan fingerprint density at radius 3 is 0.500 bits per heavy atom. The van der Waals surface area contributed by atoms with E-state index in [4.69, 9.17) is 0 Å². The summed E-state index contributed by atoms with van der Waals surface area (Å²) in [6.45, 7) is 0. The second kappa shape index (κ2) is 62.7. The van der Waals surface area contributed by atoms with Gasteiger partial charge in [0.1, 0.15) is 0 Å². The second-order valence-corrected chi connectivity index (χ2v) is 0. The van der Waals surface area contributed by atoms with Crippen LogP contribution in [0.2, 0.25) is 0 Å². The van der Waals surface area contributed by atoms with E-state index in [9.17, 15) is 0 Å². The molecule has 0 aliphatic carbocycles. The van der Waals surface area contributed by atoms with E-state index in [2.05, 4.69) is 0 Å². The minimum absolute atomic E-state index is 0. The summed E-state index contributed by atoms with van der Waals surface area (Å²) >= 11 is 0. The molecule has 53 valence electrons. The zero-order valence-corrected chi connectivity index (χ0v) is 7.52. The van der Waals surface area contributed by atoms with Gasteiger partial charge in [-0.3, -0.25) is 0 Å². The zero-order valence-electron chi connectivity index (χ0n) is 2.16. The first kappa shape index (κ1) is 97.4. The molecule has 3 nitrogen and oxygen atoms in total. The van der Waals surface area contributed by atoms with Gasteiger partial charge in [-0.2, -0.15) is 0 Å². The van der Waals surface area contributed by atoms with Gasteiger partial charge < -0.3 is 16.4 Å². The quantitative estimate of drug-likeness (QED) is 0.447. The van der Waals surface area contributed by atoms with E-state index in [1.807, 2.05) is 0 Å². The minimum Gasteiger partial charge on any atom is -2.00 e. The second-order valence-electron chi connectivity index (χ2n) is 0. The van der Waals surface area contributed by atoms with Gasteiger partial charge in [0.05, 0.1) is 0 Å². The standard InChI is InChI=1S/2Ag.Ir.3O/q2*+1;;3*-2. The van der Waals surface area contributed by atoms with Crippen molar-refractivity contribution >= 4 is 0 Å². The Bertz CT molecular complexity index is 8.75. The fraction of sp³-hybridized carbons (Fsp3) is 0. The van der Waals surface area contributed by atoms with Crippen molar-refractivity contribution in [1.82, 2.24) is 0 Å². The van der Waals surface area contributed by atoms with Crippen molar-refractivity contribution in [2.75, 3.05) is 0 Å². The molecule has 0 amide bonds.